The number of hydrogen-bond donors (Lipinski definition) is 2. The van der Waals surface area contributed by atoms with E-state index in [1.807, 2.05) is 24.3 Å². The summed E-state index contributed by atoms with van der Waals surface area (Å²) in [6.45, 7) is 0. The molecule has 1 amide bonds. The molecule has 3 rings (SSSR count). The molecule has 0 saturated heterocycles. The molecule has 0 radical (unpaired) electrons. The second kappa shape index (κ2) is 7.42. The lowest BCUT2D eigenvalue weighted by Crippen LogP contribution is -2.43. The van der Waals surface area contributed by atoms with Crippen LogP contribution in [-0.4, -0.2) is 11.9 Å². The molecule has 0 unspecified atom stereocenters. The predicted molar refractivity (Wildman–Crippen MR) is 93.0 cm³/mol. The minimum atomic E-state index is -0.454. The van der Waals surface area contributed by atoms with Crippen LogP contribution in [-0.2, 0) is 17.6 Å². The van der Waals surface area contributed by atoms with Gasteiger partial charge in [0.15, 0.2) is 0 Å². The van der Waals surface area contributed by atoms with Crippen molar-refractivity contribution in [1.29, 1.82) is 0 Å². The zero-order valence-corrected chi connectivity index (χ0v) is 13.4. The Morgan fingerprint density at radius 1 is 1.13 bits per heavy atom. The number of nitrogens with one attached hydrogen (secondary N) is 1. The van der Waals surface area contributed by atoms with Crippen molar-refractivity contribution in [1.82, 2.24) is 5.32 Å². The van der Waals surface area contributed by atoms with Gasteiger partial charge >= 0.3 is 0 Å². The fraction of sp³-hybridized carbons (Fsp3) is 0.350. The fourth-order valence-corrected chi connectivity index (χ4v) is 3.28. The van der Waals surface area contributed by atoms with Crippen molar-refractivity contribution < 1.29 is 4.79 Å². The van der Waals surface area contributed by atoms with Gasteiger partial charge in [0.25, 0.3) is 0 Å². The van der Waals surface area contributed by atoms with Crippen molar-refractivity contribution in [3.05, 3.63) is 71.3 Å². The Balaban J connectivity index is 1.57. The number of rotatable bonds is 5. The van der Waals surface area contributed by atoms with Gasteiger partial charge in [0.2, 0.25) is 5.91 Å². The average Bonchev–Trinajstić information content (AvgIpc) is 2.61. The van der Waals surface area contributed by atoms with Gasteiger partial charge in [-0.2, -0.15) is 0 Å². The monoisotopic (exact) mass is 308 g/mol. The Bertz CT molecular complexity index is 654. The largest absolute Gasteiger partial charge is 0.348 e. The summed E-state index contributed by atoms with van der Waals surface area (Å²) in [6.07, 6.45) is 4.71. The highest BCUT2D eigenvalue weighted by Gasteiger charge is 2.23. The van der Waals surface area contributed by atoms with E-state index in [4.69, 9.17) is 5.73 Å². The molecule has 120 valence electrons. The zero-order valence-electron chi connectivity index (χ0n) is 13.4. The molecule has 0 aliphatic heterocycles. The third-order valence-electron chi connectivity index (χ3n) is 4.61. The second-order valence-corrected chi connectivity index (χ2v) is 6.28. The lowest BCUT2D eigenvalue weighted by Gasteiger charge is -2.27. The van der Waals surface area contributed by atoms with Gasteiger partial charge in [-0.05, 0) is 48.8 Å². The van der Waals surface area contributed by atoms with Crippen LogP contribution >= 0.6 is 0 Å². The van der Waals surface area contributed by atoms with Gasteiger partial charge in [0, 0.05) is 0 Å². The number of aryl methyl sites for hydroxylation is 2. The van der Waals surface area contributed by atoms with Gasteiger partial charge in [-0.25, -0.2) is 0 Å². The maximum Gasteiger partial charge on any atom is 0.237 e. The van der Waals surface area contributed by atoms with E-state index >= 15 is 0 Å². The molecule has 3 heteroatoms. The highest BCUT2D eigenvalue weighted by atomic mass is 16.2. The van der Waals surface area contributed by atoms with Crippen LogP contribution < -0.4 is 11.1 Å². The minimum Gasteiger partial charge on any atom is -0.348 e. The number of carbonyl (C=O) groups is 1. The molecule has 2 aromatic carbocycles. The molecule has 2 atom stereocenters. The van der Waals surface area contributed by atoms with Gasteiger partial charge in [-0.15, -0.1) is 0 Å². The lowest BCUT2D eigenvalue weighted by molar-refractivity contribution is -0.123. The van der Waals surface area contributed by atoms with Crippen LogP contribution in [0.3, 0.4) is 0 Å². The first-order valence-electron chi connectivity index (χ1n) is 8.42. The normalized spacial score (nSPS) is 18.0. The van der Waals surface area contributed by atoms with Gasteiger partial charge in [0.05, 0.1) is 12.1 Å². The summed E-state index contributed by atoms with van der Waals surface area (Å²) in [5.41, 5.74) is 9.91. The zero-order chi connectivity index (χ0) is 16.1. The van der Waals surface area contributed by atoms with E-state index in [0.29, 0.717) is 6.42 Å². The number of nitrogens with two attached hydrogens (primary N) is 1. The summed E-state index contributed by atoms with van der Waals surface area (Å²) in [5, 5.41) is 3.15. The first-order chi connectivity index (χ1) is 11.2. The van der Waals surface area contributed by atoms with Crippen molar-refractivity contribution in [2.75, 3.05) is 0 Å². The standard InChI is InChI=1S/C20H24N2O/c21-18(14-13-15-7-2-1-3-8-15)20(23)22-19-12-6-10-16-9-4-5-11-17(16)19/h1-5,7-9,11,18-19H,6,10,12-14,21H2,(H,22,23)/t18-,19+/m0/s1. The Morgan fingerprint density at radius 2 is 1.87 bits per heavy atom. The smallest absolute Gasteiger partial charge is 0.237 e. The van der Waals surface area contributed by atoms with Crippen LogP contribution in [0.1, 0.15) is 42.0 Å². The predicted octanol–water partition coefficient (Wildman–Crippen LogP) is 3.14. The number of fused-ring (bicyclic) bond motifs is 1. The highest BCUT2D eigenvalue weighted by molar-refractivity contribution is 5.82. The summed E-state index contributed by atoms with van der Waals surface area (Å²) in [5.74, 6) is -0.0392. The second-order valence-electron chi connectivity index (χ2n) is 6.28. The molecule has 0 bridgehead atoms. The topological polar surface area (TPSA) is 55.1 Å². The summed E-state index contributed by atoms with van der Waals surface area (Å²) >= 11 is 0. The molecular weight excluding hydrogens is 284 g/mol. The van der Waals surface area contributed by atoms with Crippen LogP contribution in [0.15, 0.2) is 54.6 Å². The Morgan fingerprint density at radius 3 is 2.70 bits per heavy atom. The molecule has 3 nitrogen and oxygen atoms in total. The molecule has 1 aliphatic rings. The van der Waals surface area contributed by atoms with Crippen LogP contribution in [0.2, 0.25) is 0 Å². The van der Waals surface area contributed by atoms with E-state index in [1.165, 1.54) is 16.7 Å². The minimum absolute atomic E-state index is 0.0392. The van der Waals surface area contributed by atoms with Crippen molar-refractivity contribution in [3.8, 4) is 0 Å². The maximum absolute atomic E-state index is 12.4. The van der Waals surface area contributed by atoms with E-state index in [1.54, 1.807) is 0 Å². The molecule has 0 spiro atoms. The van der Waals surface area contributed by atoms with Crippen molar-refractivity contribution in [3.63, 3.8) is 0 Å². The van der Waals surface area contributed by atoms with Gasteiger partial charge in [-0.3, -0.25) is 4.79 Å². The quantitative estimate of drug-likeness (QED) is 0.891. The third-order valence-corrected chi connectivity index (χ3v) is 4.61. The first kappa shape index (κ1) is 15.8. The molecule has 0 fully saturated rings. The number of carbonyl (C=O) groups excluding carboxylic acids is 1. The van der Waals surface area contributed by atoms with E-state index in [0.717, 1.165) is 25.7 Å². The fourth-order valence-electron chi connectivity index (χ4n) is 3.28. The average molecular weight is 308 g/mol. The van der Waals surface area contributed by atoms with Crippen molar-refractivity contribution in [2.24, 2.45) is 5.73 Å². The Labute approximate surface area is 137 Å². The Kier molecular flexibility index (Phi) is 5.09. The van der Waals surface area contributed by atoms with Crippen LogP contribution in [0.25, 0.3) is 0 Å². The van der Waals surface area contributed by atoms with E-state index in [9.17, 15) is 4.79 Å². The summed E-state index contributed by atoms with van der Waals surface area (Å²) in [7, 11) is 0. The van der Waals surface area contributed by atoms with E-state index < -0.39 is 6.04 Å². The number of hydrogen-bond acceptors (Lipinski definition) is 2. The third kappa shape index (κ3) is 3.99. The molecule has 0 aromatic heterocycles. The maximum atomic E-state index is 12.4. The first-order valence-corrected chi connectivity index (χ1v) is 8.42. The molecular formula is C20H24N2O. The Hall–Kier alpha value is -2.13. The number of amides is 1. The van der Waals surface area contributed by atoms with Crippen LogP contribution in [0.4, 0.5) is 0 Å². The molecule has 0 saturated carbocycles. The van der Waals surface area contributed by atoms with Crippen molar-refractivity contribution in [2.45, 2.75) is 44.2 Å². The van der Waals surface area contributed by atoms with Crippen molar-refractivity contribution >= 4 is 5.91 Å². The van der Waals surface area contributed by atoms with Gasteiger partial charge in [0.1, 0.15) is 0 Å². The molecule has 1 aliphatic carbocycles. The van der Waals surface area contributed by atoms with Gasteiger partial charge < -0.3 is 11.1 Å². The molecule has 3 N–H and O–H groups in total. The van der Waals surface area contributed by atoms with Gasteiger partial charge in [-0.1, -0.05) is 54.6 Å². The summed E-state index contributed by atoms with van der Waals surface area (Å²) in [4.78, 5) is 12.4. The molecule has 2 aromatic rings. The highest BCUT2D eigenvalue weighted by Crippen LogP contribution is 2.29. The van der Waals surface area contributed by atoms with Crippen LogP contribution in [0.5, 0.6) is 0 Å². The van der Waals surface area contributed by atoms with E-state index in [-0.39, 0.29) is 11.9 Å². The van der Waals surface area contributed by atoms with E-state index in [2.05, 4.69) is 35.6 Å². The summed E-state index contributed by atoms with van der Waals surface area (Å²) in [6, 6.07) is 18.2. The SMILES string of the molecule is N[C@@H](CCc1ccccc1)C(=O)N[C@@H]1CCCc2ccccc21. The summed E-state index contributed by atoms with van der Waals surface area (Å²) < 4.78 is 0. The lowest BCUT2D eigenvalue weighted by atomic mass is 9.87. The van der Waals surface area contributed by atoms with Crippen LogP contribution in [0, 0.1) is 0 Å². The molecule has 0 heterocycles. The number of benzene rings is 2. The molecule has 23 heavy (non-hydrogen) atoms.